The van der Waals surface area contributed by atoms with Crippen LogP contribution in [0, 0.1) is 0 Å². The van der Waals surface area contributed by atoms with Crippen LogP contribution < -0.4 is 10.6 Å². The fraction of sp³-hybridized carbons (Fsp3) is 0.750. The molecule has 0 radical (unpaired) electrons. The lowest BCUT2D eigenvalue weighted by atomic mass is 9.79. The molecule has 13 heavy (non-hydrogen) atoms. The van der Waals surface area contributed by atoms with Crippen LogP contribution in [0.3, 0.4) is 0 Å². The van der Waals surface area contributed by atoms with E-state index in [1.54, 1.807) is 0 Å². The van der Waals surface area contributed by atoms with E-state index < -0.39 is 11.9 Å². The topological polar surface area (TPSA) is 58.2 Å². The molecule has 1 aliphatic carbocycles. The molecule has 3 amide bonds. The maximum atomic E-state index is 11.1. The third-order valence-corrected chi connectivity index (χ3v) is 2.49. The summed E-state index contributed by atoms with van der Waals surface area (Å²) in [4.78, 5) is 21.8. The fourth-order valence-corrected chi connectivity index (χ4v) is 1.36. The minimum Gasteiger partial charge on any atom is -0.333 e. The van der Waals surface area contributed by atoms with E-state index in [4.69, 9.17) is 11.6 Å². The molecular formula is C8H13ClN2O2. The molecule has 2 N–H and O–H groups in total. The molecular weight excluding hydrogens is 192 g/mol. The number of amides is 3. The summed E-state index contributed by atoms with van der Waals surface area (Å²) in [5, 5.41) is 4.86. The van der Waals surface area contributed by atoms with Gasteiger partial charge in [0.1, 0.15) is 5.88 Å². The van der Waals surface area contributed by atoms with Crippen LogP contribution in [-0.4, -0.2) is 23.4 Å². The highest BCUT2D eigenvalue weighted by Gasteiger charge is 2.33. The van der Waals surface area contributed by atoms with Crippen LogP contribution >= 0.6 is 11.6 Å². The van der Waals surface area contributed by atoms with Crippen molar-refractivity contribution < 1.29 is 9.59 Å². The predicted octanol–water partition coefficient (Wildman–Crippen LogP) is 0.994. The van der Waals surface area contributed by atoms with E-state index in [0.717, 1.165) is 19.3 Å². The van der Waals surface area contributed by atoms with Gasteiger partial charge in [-0.25, -0.2) is 4.79 Å². The first-order chi connectivity index (χ1) is 6.06. The molecule has 1 fully saturated rings. The van der Waals surface area contributed by atoms with Gasteiger partial charge < -0.3 is 5.32 Å². The Labute approximate surface area is 82.0 Å². The number of hydrogen-bond donors (Lipinski definition) is 2. The normalized spacial score (nSPS) is 18.6. The van der Waals surface area contributed by atoms with Crippen molar-refractivity contribution in [1.29, 1.82) is 0 Å². The quantitative estimate of drug-likeness (QED) is 0.660. The zero-order valence-electron chi connectivity index (χ0n) is 7.52. The van der Waals surface area contributed by atoms with Gasteiger partial charge >= 0.3 is 6.03 Å². The Balaban J connectivity index is 2.28. The largest absolute Gasteiger partial charge is 0.333 e. The van der Waals surface area contributed by atoms with E-state index in [-0.39, 0.29) is 11.4 Å². The Morgan fingerprint density at radius 3 is 2.46 bits per heavy atom. The molecule has 0 aromatic rings. The summed E-state index contributed by atoms with van der Waals surface area (Å²) in [7, 11) is 0. The van der Waals surface area contributed by atoms with Crippen molar-refractivity contribution in [2.45, 2.75) is 31.7 Å². The van der Waals surface area contributed by atoms with E-state index in [1.807, 2.05) is 6.92 Å². The first kappa shape index (κ1) is 10.3. The summed E-state index contributed by atoms with van der Waals surface area (Å²) in [6.45, 7) is 1.96. The molecule has 0 unspecified atom stereocenters. The third-order valence-electron chi connectivity index (χ3n) is 2.25. The summed E-state index contributed by atoms with van der Waals surface area (Å²) >= 11 is 5.22. The van der Waals surface area contributed by atoms with Crippen LogP contribution in [0.2, 0.25) is 0 Å². The second-order valence-corrected chi connectivity index (χ2v) is 3.82. The Morgan fingerprint density at radius 1 is 1.46 bits per heavy atom. The Hall–Kier alpha value is -0.770. The number of urea groups is 1. The van der Waals surface area contributed by atoms with Crippen molar-refractivity contribution in [2.75, 3.05) is 5.88 Å². The molecule has 0 bridgehead atoms. The lowest BCUT2D eigenvalue weighted by Gasteiger charge is -2.38. The molecule has 0 aromatic carbocycles. The van der Waals surface area contributed by atoms with Crippen LogP contribution in [0.5, 0.6) is 0 Å². The lowest BCUT2D eigenvalue weighted by Crippen LogP contribution is -2.55. The molecule has 0 aromatic heterocycles. The molecule has 0 saturated heterocycles. The van der Waals surface area contributed by atoms with Crippen molar-refractivity contribution in [3.63, 3.8) is 0 Å². The molecule has 0 spiro atoms. The molecule has 1 rings (SSSR count). The third kappa shape index (κ3) is 2.88. The number of hydrogen-bond acceptors (Lipinski definition) is 2. The van der Waals surface area contributed by atoms with E-state index >= 15 is 0 Å². The molecule has 74 valence electrons. The molecule has 1 saturated carbocycles. The van der Waals surface area contributed by atoms with E-state index in [9.17, 15) is 9.59 Å². The zero-order chi connectivity index (χ0) is 9.90. The highest BCUT2D eigenvalue weighted by Crippen LogP contribution is 2.30. The summed E-state index contributed by atoms with van der Waals surface area (Å²) < 4.78 is 0. The number of imide groups is 1. The number of rotatable bonds is 2. The number of carbonyl (C=O) groups excluding carboxylic acids is 2. The lowest BCUT2D eigenvalue weighted by molar-refractivity contribution is -0.117. The summed E-state index contributed by atoms with van der Waals surface area (Å²) in [5.41, 5.74) is -0.128. The van der Waals surface area contributed by atoms with Gasteiger partial charge in [0, 0.05) is 5.54 Å². The zero-order valence-corrected chi connectivity index (χ0v) is 8.28. The first-order valence-corrected chi connectivity index (χ1v) is 4.77. The van der Waals surface area contributed by atoms with E-state index in [0.29, 0.717) is 0 Å². The van der Waals surface area contributed by atoms with Crippen LogP contribution in [-0.2, 0) is 4.79 Å². The minimum absolute atomic E-state index is 0.128. The smallest absolute Gasteiger partial charge is 0.321 e. The van der Waals surface area contributed by atoms with Gasteiger partial charge in [0.2, 0.25) is 5.91 Å². The van der Waals surface area contributed by atoms with Gasteiger partial charge in [-0.15, -0.1) is 11.6 Å². The molecule has 0 heterocycles. The van der Waals surface area contributed by atoms with E-state index in [1.165, 1.54) is 0 Å². The van der Waals surface area contributed by atoms with Gasteiger partial charge in [0.25, 0.3) is 0 Å². The van der Waals surface area contributed by atoms with Crippen molar-refractivity contribution in [3.05, 3.63) is 0 Å². The Bertz CT molecular complexity index is 226. The maximum absolute atomic E-state index is 11.1. The standard InChI is InChI=1S/C8H13ClN2O2/c1-8(3-2-4-8)11-7(13)10-6(12)5-9/h2-5H2,1H3,(H2,10,11,12,13). The van der Waals surface area contributed by atoms with Crippen LogP contribution in [0.4, 0.5) is 4.79 Å². The molecule has 0 atom stereocenters. The van der Waals surface area contributed by atoms with Crippen LogP contribution in [0.25, 0.3) is 0 Å². The highest BCUT2D eigenvalue weighted by molar-refractivity contribution is 6.28. The monoisotopic (exact) mass is 204 g/mol. The van der Waals surface area contributed by atoms with Crippen molar-refractivity contribution >= 4 is 23.5 Å². The number of carbonyl (C=O) groups is 2. The second kappa shape index (κ2) is 3.96. The maximum Gasteiger partial charge on any atom is 0.321 e. The average molecular weight is 205 g/mol. The van der Waals surface area contributed by atoms with E-state index in [2.05, 4.69) is 10.6 Å². The van der Waals surface area contributed by atoms with Crippen LogP contribution in [0.1, 0.15) is 26.2 Å². The molecule has 5 heteroatoms. The SMILES string of the molecule is CC1(NC(=O)NC(=O)CCl)CCC1. The first-order valence-electron chi connectivity index (χ1n) is 4.24. The average Bonchev–Trinajstić information content (AvgIpc) is 2.01. The van der Waals surface area contributed by atoms with Gasteiger partial charge in [-0.3, -0.25) is 10.1 Å². The highest BCUT2D eigenvalue weighted by atomic mass is 35.5. The predicted molar refractivity (Wildman–Crippen MR) is 49.7 cm³/mol. The van der Waals surface area contributed by atoms with Gasteiger partial charge in [0.15, 0.2) is 0 Å². The fourth-order valence-electron chi connectivity index (χ4n) is 1.30. The van der Waals surface area contributed by atoms with Crippen molar-refractivity contribution in [3.8, 4) is 0 Å². The van der Waals surface area contributed by atoms with Gasteiger partial charge in [-0.2, -0.15) is 0 Å². The number of alkyl halides is 1. The molecule has 4 nitrogen and oxygen atoms in total. The van der Waals surface area contributed by atoms with Gasteiger partial charge in [-0.1, -0.05) is 0 Å². The Morgan fingerprint density at radius 2 is 2.08 bits per heavy atom. The summed E-state index contributed by atoms with van der Waals surface area (Å²) in [6, 6.07) is -0.451. The molecule has 0 aliphatic heterocycles. The minimum atomic E-state index is -0.470. The second-order valence-electron chi connectivity index (χ2n) is 3.55. The van der Waals surface area contributed by atoms with Crippen LogP contribution in [0.15, 0.2) is 0 Å². The van der Waals surface area contributed by atoms with Gasteiger partial charge in [-0.05, 0) is 26.2 Å². The van der Waals surface area contributed by atoms with Crippen molar-refractivity contribution in [2.24, 2.45) is 0 Å². The number of halogens is 1. The van der Waals surface area contributed by atoms with Crippen molar-refractivity contribution in [1.82, 2.24) is 10.6 Å². The summed E-state index contributed by atoms with van der Waals surface area (Å²) in [5.74, 6) is -0.661. The number of nitrogens with one attached hydrogen (secondary N) is 2. The van der Waals surface area contributed by atoms with Gasteiger partial charge in [0.05, 0.1) is 0 Å². The molecule has 1 aliphatic rings. The summed E-state index contributed by atoms with van der Waals surface area (Å²) in [6.07, 6.45) is 3.06. The Kier molecular flexibility index (Phi) is 3.14.